The molecule has 1 aromatic heterocycles. The third-order valence-corrected chi connectivity index (χ3v) is 3.35. The summed E-state index contributed by atoms with van der Waals surface area (Å²) in [6.45, 7) is 2.36. The Labute approximate surface area is 140 Å². The van der Waals surface area contributed by atoms with Gasteiger partial charge in [0.15, 0.2) is 5.82 Å². The number of aryl methyl sites for hydroxylation is 1. The van der Waals surface area contributed by atoms with E-state index in [1.807, 2.05) is 30.3 Å². The predicted molar refractivity (Wildman–Crippen MR) is 88.5 cm³/mol. The van der Waals surface area contributed by atoms with Crippen molar-refractivity contribution >= 4 is 17.6 Å². The molecular formula is C17H21N3O4. The molecule has 0 aliphatic rings. The first-order chi connectivity index (χ1) is 11.6. The summed E-state index contributed by atoms with van der Waals surface area (Å²) in [7, 11) is 1.55. The minimum atomic E-state index is -0.333. The largest absolute Gasteiger partial charge is 0.383 e. The van der Waals surface area contributed by atoms with Crippen molar-refractivity contribution in [1.29, 1.82) is 0 Å². The number of nitrogens with one attached hydrogen (secondary N) is 1. The predicted octanol–water partition coefficient (Wildman–Crippen LogP) is 1.64. The number of aromatic nitrogens is 1. The Kier molecular flexibility index (Phi) is 6.51. The average Bonchev–Trinajstić information content (AvgIpc) is 2.97. The highest BCUT2D eigenvalue weighted by Gasteiger charge is 2.18. The number of anilines is 1. The zero-order valence-electron chi connectivity index (χ0n) is 13.8. The maximum absolute atomic E-state index is 12.5. The molecule has 1 N–H and O–H groups in total. The van der Waals surface area contributed by atoms with Gasteiger partial charge in [-0.25, -0.2) is 0 Å². The lowest BCUT2D eigenvalue weighted by molar-refractivity contribution is -0.134. The highest BCUT2D eigenvalue weighted by Crippen LogP contribution is 2.08. The van der Waals surface area contributed by atoms with Crippen molar-refractivity contribution in [3.63, 3.8) is 0 Å². The number of amides is 2. The Morgan fingerprint density at radius 3 is 2.67 bits per heavy atom. The van der Waals surface area contributed by atoms with Crippen molar-refractivity contribution in [2.45, 2.75) is 13.3 Å². The first-order valence-electron chi connectivity index (χ1n) is 7.62. The van der Waals surface area contributed by atoms with Gasteiger partial charge in [-0.3, -0.25) is 9.59 Å². The molecule has 0 unspecified atom stereocenters. The zero-order valence-corrected chi connectivity index (χ0v) is 13.8. The van der Waals surface area contributed by atoms with E-state index in [1.54, 1.807) is 20.1 Å². The van der Waals surface area contributed by atoms with Crippen molar-refractivity contribution in [3.05, 3.63) is 47.7 Å². The molecule has 2 amide bonds. The number of carbonyl (C=O) groups is 2. The molecule has 2 rings (SSSR count). The van der Waals surface area contributed by atoms with Gasteiger partial charge < -0.3 is 19.5 Å². The number of benzene rings is 1. The molecule has 0 saturated heterocycles. The third-order valence-electron chi connectivity index (χ3n) is 3.35. The van der Waals surface area contributed by atoms with Crippen molar-refractivity contribution in [2.24, 2.45) is 0 Å². The molecule has 0 aliphatic carbocycles. The van der Waals surface area contributed by atoms with Crippen LogP contribution in [0, 0.1) is 6.92 Å². The molecule has 0 aliphatic heterocycles. The number of hydrogen-bond donors (Lipinski definition) is 1. The highest BCUT2D eigenvalue weighted by molar-refractivity contribution is 5.94. The normalized spacial score (nSPS) is 10.4. The standard InChI is InChI=1S/C17H21N3O4/c1-13-10-15(19-24-13)18-16(21)12-20(8-9-23-2)17(22)11-14-6-4-3-5-7-14/h3-7,10H,8-9,11-12H2,1-2H3,(H,18,19,21). The van der Waals surface area contributed by atoms with Crippen LogP contribution < -0.4 is 5.32 Å². The fourth-order valence-electron chi connectivity index (χ4n) is 2.16. The quantitative estimate of drug-likeness (QED) is 0.795. The molecule has 128 valence electrons. The molecule has 0 spiro atoms. The summed E-state index contributed by atoms with van der Waals surface area (Å²) < 4.78 is 9.92. The SMILES string of the molecule is COCCN(CC(=O)Nc1cc(C)on1)C(=O)Cc1ccccc1. The fourth-order valence-corrected chi connectivity index (χ4v) is 2.16. The maximum Gasteiger partial charge on any atom is 0.245 e. The van der Waals surface area contributed by atoms with Crippen LogP contribution in [0.1, 0.15) is 11.3 Å². The first kappa shape index (κ1) is 17.7. The van der Waals surface area contributed by atoms with E-state index in [4.69, 9.17) is 9.26 Å². The lowest BCUT2D eigenvalue weighted by Crippen LogP contribution is -2.40. The Hall–Kier alpha value is -2.67. The van der Waals surface area contributed by atoms with Gasteiger partial charge in [0.05, 0.1) is 19.6 Å². The molecule has 7 nitrogen and oxygen atoms in total. The first-order valence-corrected chi connectivity index (χ1v) is 7.62. The highest BCUT2D eigenvalue weighted by atomic mass is 16.5. The molecule has 0 radical (unpaired) electrons. The van der Waals surface area contributed by atoms with Crippen LogP contribution in [-0.4, -0.2) is 48.7 Å². The molecule has 1 aromatic carbocycles. The second kappa shape index (κ2) is 8.83. The minimum Gasteiger partial charge on any atom is -0.383 e. The van der Waals surface area contributed by atoms with Gasteiger partial charge in [0.1, 0.15) is 5.76 Å². The van der Waals surface area contributed by atoms with Crippen LogP contribution in [0.25, 0.3) is 0 Å². The molecule has 0 bridgehead atoms. The molecule has 7 heteroatoms. The zero-order chi connectivity index (χ0) is 17.4. The minimum absolute atomic E-state index is 0.0685. The maximum atomic E-state index is 12.5. The van der Waals surface area contributed by atoms with Crippen molar-refractivity contribution < 1.29 is 18.8 Å². The molecule has 2 aromatic rings. The van der Waals surface area contributed by atoms with Gasteiger partial charge in [-0.1, -0.05) is 35.5 Å². The molecule has 24 heavy (non-hydrogen) atoms. The van der Waals surface area contributed by atoms with Gasteiger partial charge >= 0.3 is 0 Å². The van der Waals surface area contributed by atoms with Gasteiger partial charge in [-0.15, -0.1) is 0 Å². The number of hydrogen-bond acceptors (Lipinski definition) is 5. The lowest BCUT2D eigenvalue weighted by atomic mass is 10.1. The van der Waals surface area contributed by atoms with Gasteiger partial charge in [0.25, 0.3) is 0 Å². The van der Waals surface area contributed by atoms with E-state index in [9.17, 15) is 9.59 Å². The third kappa shape index (κ3) is 5.51. The van der Waals surface area contributed by atoms with Crippen LogP contribution in [0.3, 0.4) is 0 Å². The average molecular weight is 331 g/mol. The van der Waals surface area contributed by atoms with E-state index in [1.165, 1.54) is 4.90 Å². The van der Waals surface area contributed by atoms with E-state index in [-0.39, 0.29) is 24.8 Å². The smallest absolute Gasteiger partial charge is 0.245 e. The number of rotatable bonds is 8. The van der Waals surface area contributed by atoms with E-state index in [2.05, 4.69) is 10.5 Å². The number of ether oxygens (including phenoxy) is 1. The Bertz CT molecular complexity index is 669. The number of methoxy groups -OCH3 is 1. The van der Waals surface area contributed by atoms with Crippen LogP contribution >= 0.6 is 0 Å². The topological polar surface area (TPSA) is 84.7 Å². The van der Waals surface area contributed by atoms with Crippen LogP contribution in [0.5, 0.6) is 0 Å². The Morgan fingerprint density at radius 1 is 1.29 bits per heavy atom. The molecule has 1 heterocycles. The van der Waals surface area contributed by atoms with Crippen LogP contribution in [0.15, 0.2) is 40.9 Å². The summed E-state index contributed by atoms with van der Waals surface area (Å²) in [5.41, 5.74) is 0.900. The van der Waals surface area contributed by atoms with Crippen LogP contribution in [0.4, 0.5) is 5.82 Å². The second-order valence-corrected chi connectivity index (χ2v) is 5.34. The van der Waals surface area contributed by atoms with Gasteiger partial charge in [0.2, 0.25) is 11.8 Å². The molecule has 0 atom stereocenters. The summed E-state index contributed by atoms with van der Waals surface area (Å²) >= 11 is 0. The van der Waals surface area contributed by atoms with E-state index < -0.39 is 0 Å². The van der Waals surface area contributed by atoms with Crippen molar-refractivity contribution in [2.75, 3.05) is 32.1 Å². The van der Waals surface area contributed by atoms with Crippen LogP contribution in [-0.2, 0) is 20.7 Å². The van der Waals surface area contributed by atoms with E-state index >= 15 is 0 Å². The fraction of sp³-hybridized carbons (Fsp3) is 0.353. The number of nitrogens with zero attached hydrogens (tertiary/aromatic N) is 2. The summed E-state index contributed by atoms with van der Waals surface area (Å²) in [6.07, 6.45) is 0.237. The molecule has 0 saturated carbocycles. The second-order valence-electron chi connectivity index (χ2n) is 5.34. The van der Waals surface area contributed by atoms with Crippen molar-refractivity contribution in [3.8, 4) is 0 Å². The monoisotopic (exact) mass is 331 g/mol. The summed E-state index contributed by atoms with van der Waals surface area (Å²) in [5.74, 6) is 0.465. The Morgan fingerprint density at radius 2 is 2.04 bits per heavy atom. The van der Waals surface area contributed by atoms with Gasteiger partial charge in [-0.05, 0) is 12.5 Å². The van der Waals surface area contributed by atoms with Crippen molar-refractivity contribution in [1.82, 2.24) is 10.1 Å². The lowest BCUT2D eigenvalue weighted by Gasteiger charge is -2.21. The van der Waals surface area contributed by atoms with Crippen LogP contribution in [0.2, 0.25) is 0 Å². The van der Waals surface area contributed by atoms with Gasteiger partial charge in [0, 0.05) is 19.7 Å². The van der Waals surface area contributed by atoms with E-state index in [0.29, 0.717) is 24.7 Å². The molecular weight excluding hydrogens is 310 g/mol. The summed E-state index contributed by atoms with van der Waals surface area (Å²) in [4.78, 5) is 26.1. The van der Waals surface area contributed by atoms with Gasteiger partial charge in [-0.2, -0.15) is 0 Å². The summed E-state index contributed by atoms with van der Waals surface area (Å²) in [6, 6.07) is 11.0. The Balaban J connectivity index is 1.96. The number of carbonyl (C=O) groups excluding carboxylic acids is 2. The van der Waals surface area contributed by atoms with E-state index in [0.717, 1.165) is 5.56 Å². The molecule has 0 fully saturated rings. The summed E-state index contributed by atoms with van der Waals surface area (Å²) in [5, 5.41) is 6.31.